The zero-order valence-electron chi connectivity index (χ0n) is 9.92. The number of carbonyl (C=O) groups excluding carboxylic acids is 1. The zero-order valence-corrected chi connectivity index (χ0v) is 9.92. The van der Waals surface area contributed by atoms with Crippen molar-refractivity contribution in [2.75, 3.05) is 0 Å². The number of aryl methyl sites for hydroxylation is 2. The van der Waals surface area contributed by atoms with Gasteiger partial charge in [0.05, 0.1) is 5.69 Å². The second-order valence-corrected chi connectivity index (χ2v) is 3.92. The number of nitrogens with zero attached hydrogens (tertiary/aromatic N) is 2. The Bertz CT molecular complexity index is 553. The van der Waals surface area contributed by atoms with Crippen LogP contribution in [0, 0.1) is 13.8 Å². The summed E-state index contributed by atoms with van der Waals surface area (Å²) in [7, 11) is 0. The van der Waals surface area contributed by atoms with E-state index < -0.39 is 0 Å². The second-order valence-electron chi connectivity index (χ2n) is 3.92. The molecule has 0 aliphatic heterocycles. The predicted molar refractivity (Wildman–Crippen MR) is 67.8 cm³/mol. The number of allylic oxidation sites excluding steroid dienone is 1. The maximum Gasteiger partial charge on any atom is 0.187 e. The molecule has 2 aromatic rings. The number of carbonyl (C=O) groups is 1. The van der Waals surface area contributed by atoms with E-state index >= 15 is 0 Å². The lowest BCUT2D eigenvalue weighted by Gasteiger charge is -1.96. The van der Waals surface area contributed by atoms with Gasteiger partial charge < -0.3 is 0 Å². The number of aromatic nitrogens is 2. The molecule has 0 aliphatic carbocycles. The van der Waals surface area contributed by atoms with Gasteiger partial charge in [-0.25, -0.2) is 4.68 Å². The van der Waals surface area contributed by atoms with Gasteiger partial charge in [0.25, 0.3) is 0 Å². The minimum atomic E-state index is -0.0156. The third-order valence-corrected chi connectivity index (χ3v) is 2.47. The van der Waals surface area contributed by atoms with Crippen LogP contribution in [-0.2, 0) is 0 Å². The summed E-state index contributed by atoms with van der Waals surface area (Å²) in [5, 5.41) is 4.25. The molecule has 0 aliphatic rings. The van der Waals surface area contributed by atoms with Crippen LogP contribution in [0.2, 0.25) is 0 Å². The monoisotopic (exact) mass is 226 g/mol. The normalized spacial score (nSPS) is 10.9. The van der Waals surface area contributed by atoms with Gasteiger partial charge in [-0.1, -0.05) is 30.3 Å². The molecule has 0 radical (unpaired) electrons. The first-order chi connectivity index (χ1) is 8.16. The molecule has 1 aromatic heterocycles. The summed E-state index contributed by atoms with van der Waals surface area (Å²) in [5.41, 5.74) is 2.64. The summed E-state index contributed by atoms with van der Waals surface area (Å²) >= 11 is 0. The summed E-state index contributed by atoms with van der Waals surface area (Å²) in [6, 6.07) is 11.2. The van der Waals surface area contributed by atoms with Gasteiger partial charge in [-0.15, -0.1) is 0 Å². The van der Waals surface area contributed by atoms with Gasteiger partial charge in [0.2, 0.25) is 0 Å². The zero-order chi connectivity index (χ0) is 12.3. The third kappa shape index (κ3) is 2.69. The summed E-state index contributed by atoms with van der Waals surface area (Å²) in [6.45, 7) is 3.88. The predicted octanol–water partition coefficient (Wildman–Crippen LogP) is 2.85. The van der Waals surface area contributed by atoms with Crippen molar-refractivity contribution in [1.29, 1.82) is 0 Å². The van der Waals surface area contributed by atoms with Crippen LogP contribution >= 0.6 is 0 Å². The summed E-state index contributed by atoms with van der Waals surface area (Å²) < 4.78 is 1.70. The van der Waals surface area contributed by atoms with Crippen LogP contribution in [0.1, 0.15) is 21.7 Å². The van der Waals surface area contributed by atoms with Crippen LogP contribution in [-0.4, -0.2) is 15.6 Å². The van der Waals surface area contributed by atoms with Gasteiger partial charge in [0.15, 0.2) is 5.78 Å². The van der Waals surface area contributed by atoms with Crippen LogP contribution in [0.4, 0.5) is 0 Å². The number of rotatable bonds is 3. The van der Waals surface area contributed by atoms with Gasteiger partial charge in [0.1, 0.15) is 0 Å². The summed E-state index contributed by atoms with van der Waals surface area (Å²) in [5.74, 6) is -0.0156. The number of ketones is 1. The van der Waals surface area contributed by atoms with Crippen LogP contribution in [0.15, 0.2) is 42.5 Å². The van der Waals surface area contributed by atoms with Crippen LogP contribution in [0.25, 0.3) is 6.20 Å². The van der Waals surface area contributed by atoms with E-state index in [1.807, 2.05) is 38.1 Å². The van der Waals surface area contributed by atoms with Crippen LogP contribution < -0.4 is 0 Å². The highest BCUT2D eigenvalue weighted by Crippen LogP contribution is 2.04. The van der Waals surface area contributed by atoms with Crippen molar-refractivity contribution in [2.45, 2.75) is 13.8 Å². The van der Waals surface area contributed by atoms with Crippen LogP contribution in [0.5, 0.6) is 0 Å². The Morgan fingerprint density at radius 1 is 1.24 bits per heavy atom. The minimum absolute atomic E-state index is 0.0156. The molecular weight excluding hydrogens is 212 g/mol. The van der Waals surface area contributed by atoms with E-state index in [0.29, 0.717) is 5.56 Å². The summed E-state index contributed by atoms with van der Waals surface area (Å²) in [6.07, 6.45) is 3.23. The Morgan fingerprint density at radius 3 is 2.53 bits per heavy atom. The van der Waals surface area contributed by atoms with Crippen molar-refractivity contribution in [3.8, 4) is 0 Å². The fraction of sp³-hybridized carbons (Fsp3) is 0.143. The first-order valence-electron chi connectivity index (χ1n) is 5.47. The lowest BCUT2D eigenvalue weighted by molar-refractivity contribution is 0.104. The first-order valence-corrected chi connectivity index (χ1v) is 5.47. The Hall–Kier alpha value is -2.16. The molecule has 0 atom stereocenters. The SMILES string of the molecule is Cc1cc(C)n(/C=C/C(=O)c2ccccc2)n1. The number of hydrogen-bond donors (Lipinski definition) is 0. The second kappa shape index (κ2) is 4.78. The Labute approximate surface area is 100 Å². The molecule has 86 valence electrons. The maximum atomic E-state index is 11.8. The molecule has 0 bridgehead atoms. The molecule has 2 rings (SSSR count). The minimum Gasteiger partial charge on any atom is -0.289 e. The molecule has 3 nitrogen and oxygen atoms in total. The average Bonchev–Trinajstić information content (AvgIpc) is 2.66. The lowest BCUT2D eigenvalue weighted by Crippen LogP contribution is -1.97. The van der Waals surface area contributed by atoms with E-state index in [1.54, 1.807) is 23.0 Å². The van der Waals surface area contributed by atoms with Gasteiger partial charge in [-0.3, -0.25) is 4.79 Å². The van der Waals surface area contributed by atoms with Crippen molar-refractivity contribution >= 4 is 12.0 Å². The summed E-state index contributed by atoms with van der Waals surface area (Å²) in [4.78, 5) is 11.8. The first kappa shape index (κ1) is 11.3. The van der Waals surface area contributed by atoms with Crippen molar-refractivity contribution in [3.05, 3.63) is 59.4 Å². The highest BCUT2D eigenvalue weighted by molar-refractivity contribution is 6.05. The molecule has 0 N–H and O–H groups in total. The molecule has 0 saturated heterocycles. The van der Waals surface area contributed by atoms with E-state index in [0.717, 1.165) is 11.4 Å². The fourth-order valence-electron chi connectivity index (χ4n) is 1.63. The Kier molecular flexibility index (Phi) is 3.19. The van der Waals surface area contributed by atoms with Crippen molar-refractivity contribution in [3.63, 3.8) is 0 Å². The molecule has 0 amide bonds. The maximum absolute atomic E-state index is 11.8. The van der Waals surface area contributed by atoms with E-state index in [-0.39, 0.29) is 5.78 Å². The van der Waals surface area contributed by atoms with Gasteiger partial charge in [-0.05, 0) is 19.9 Å². The quantitative estimate of drug-likeness (QED) is 0.596. The van der Waals surface area contributed by atoms with Gasteiger partial charge in [-0.2, -0.15) is 5.10 Å². The Morgan fingerprint density at radius 2 is 1.94 bits per heavy atom. The molecule has 1 aromatic carbocycles. The van der Waals surface area contributed by atoms with E-state index in [2.05, 4.69) is 5.10 Å². The molecule has 0 fully saturated rings. The lowest BCUT2D eigenvalue weighted by atomic mass is 10.1. The molecule has 3 heteroatoms. The number of hydrogen-bond acceptors (Lipinski definition) is 2. The van der Waals surface area contributed by atoms with Crippen LogP contribution in [0.3, 0.4) is 0 Å². The molecule has 0 unspecified atom stereocenters. The smallest absolute Gasteiger partial charge is 0.187 e. The topological polar surface area (TPSA) is 34.9 Å². The largest absolute Gasteiger partial charge is 0.289 e. The Balaban J connectivity index is 2.17. The highest BCUT2D eigenvalue weighted by Gasteiger charge is 2.01. The molecular formula is C14H14N2O. The average molecular weight is 226 g/mol. The fourth-order valence-corrected chi connectivity index (χ4v) is 1.63. The highest BCUT2D eigenvalue weighted by atomic mass is 16.1. The van der Waals surface area contributed by atoms with Crippen molar-refractivity contribution < 1.29 is 4.79 Å². The van der Waals surface area contributed by atoms with Gasteiger partial charge >= 0.3 is 0 Å². The van der Waals surface area contributed by atoms with Crippen molar-refractivity contribution in [1.82, 2.24) is 9.78 Å². The third-order valence-electron chi connectivity index (χ3n) is 2.47. The molecule has 17 heavy (non-hydrogen) atoms. The van der Waals surface area contributed by atoms with E-state index in [1.165, 1.54) is 6.08 Å². The molecule has 1 heterocycles. The molecule has 0 saturated carbocycles. The van der Waals surface area contributed by atoms with E-state index in [4.69, 9.17) is 0 Å². The van der Waals surface area contributed by atoms with Gasteiger partial charge in [0, 0.05) is 23.5 Å². The number of benzene rings is 1. The molecule has 0 spiro atoms. The van der Waals surface area contributed by atoms with Crippen molar-refractivity contribution in [2.24, 2.45) is 0 Å². The van der Waals surface area contributed by atoms with E-state index in [9.17, 15) is 4.79 Å². The standard InChI is InChI=1S/C14H14N2O/c1-11-10-12(2)16(15-11)9-8-14(17)13-6-4-3-5-7-13/h3-10H,1-2H3/b9-8+.